The normalized spacial score (nSPS) is 13.6. The summed E-state index contributed by atoms with van der Waals surface area (Å²) < 4.78 is 0. The first-order valence-electron chi connectivity index (χ1n) is 13.0. The molecule has 0 saturated heterocycles. The van der Waals surface area contributed by atoms with E-state index >= 15 is 0 Å². The van der Waals surface area contributed by atoms with Crippen molar-refractivity contribution in [3.63, 3.8) is 0 Å². The molecule has 6 nitrogen and oxygen atoms in total. The van der Waals surface area contributed by atoms with Gasteiger partial charge in [0.25, 0.3) is 11.8 Å². The van der Waals surface area contributed by atoms with Crippen molar-refractivity contribution in [3.8, 4) is 0 Å². The first kappa shape index (κ1) is 25.9. The molecule has 0 radical (unpaired) electrons. The molecule has 4 aromatic rings. The number of nitrogens with one attached hydrogen (secondary N) is 2. The third-order valence-corrected chi connectivity index (χ3v) is 6.84. The SMILES string of the molecule is CN(C)CCc1ccc(N/C(=C2\C(=O)Nc3ccc(C(=O)N(C)c4ccccc4)cc32)c2ccccc2)cc1. The maximum Gasteiger partial charge on any atom is 0.258 e. The molecule has 1 aliphatic rings. The molecule has 2 N–H and O–H groups in total. The van der Waals surface area contributed by atoms with Crippen molar-refractivity contribution in [1.29, 1.82) is 0 Å². The van der Waals surface area contributed by atoms with Gasteiger partial charge >= 0.3 is 0 Å². The quantitative estimate of drug-likeness (QED) is 0.282. The number of carbonyl (C=O) groups excluding carboxylic acids is 2. The highest BCUT2D eigenvalue weighted by molar-refractivity contribution is 6.37. The van der Waals surface area contributed by atoms with Gasteiger partial charge in [0.1, 0.15) is 0 Å². The van der Waals surface area contributed by atoms with Crippen LogP contribution in [0.15, 0.2) is 103 Å². The Morgan fingerprint density at radius 2 is 1.46 bits per heavy atom. The topological polar surface area (TPSA) is 64.7 Å². The third-order valence-electron chi connectivity index (χ3n) is 6.84. The second-order valence-electron chi connectivity index (χ2n) is 9.91. The predicted molar refractivity (Wildman–Crippen MR) is 160 cm³/mol. The smallest absolute Gasteiger partial charge is 0.258 e. The maximum absolute atomic E-state index is 13.4. The molecule has 196 valence electrons. The molecular formula is C33H32N4O2. The number of likely N-dealkylation sites (N-methyl/N-ethyl adjacent to an activating group) is 1. The summed E-state index contributed by atoms with van der Waals surface area (Å²) in [5, 5.41) is 6.49. The summed E-state index contributed by atoms with van der Waals surface area (Å²) >= 11 is 0. The van der Waals surface area contributed by atoms with E-state index in [1.54, 1.807) is 30.1 Å². The Balaban J connectivity index is 1.53. The van der Waals surface area contributed by atoms with E-state index in [-0.39, 0.29) is 11.8 Å². The molecule has 4 aromatic carbocycles. The van der Waals surface area contributed by atoms with Crippen molar-refractivity contribution in [2.75, 3.05) is 43.2 Å². The summed E-state index contributed by atoms with van der Waals surface area (Å²) in [5.41, 5.74) is 6.89. The molecule has 2 amide bonds. The summed E-state index contributed by atoms with van der Waals surface area (Å²) in [6.07, 6.45) is 0.962. The van der Waals surface area contributed by atoms with Gasteiger partial charge in [-0.15, -0.1) is 0 Å². The molecule has 0 bridgehead atoms. The van der Waals surface area contributed by atoms with Crippen molar-refractivity contribution in [3.05, 3.63) is 125 Å². The Hall–Kier alpha value is -4.68. The number of hydrogen-bond donors (Lipinski definition) is 2. The fraction of sp³-hybridized carbons (Fsp3) is 0.152. The molecule has 0 unspecified atom stereocenters. The minimum Gasteiger partial charge on any atom is -0.354 e. The average Bonchev–Trinajstić information content (AvgIpc) is 3.30. The maximum atomic E-state index is 13.4. The zero-order chi connectivity index (χ0) is 27.4. The van der Waals surface area contributed by atoms with Gasteiger partial charge in [0.15, 0.2) is 0 Å². The third kappa shape index (κ3) is 5.76. The lowest BCUT2D eigenvalue weighted by atomic mass is 9.98. The van der Waals surface area contributed by atoms with Gasteiger partial charge in [-0.25, -0.2) is 0 Å². The van der Waals surface area contributed by atoms with Gasteiger partial charge < -0.3 is 20.4 Å². The highest BCUT2D eigenvalue weighted by Gasteiger charge is 2.30. The second kappa shape index (κ2) is 11.4. The van der Waals surface area contributed by atoms with E-state index in [0.29, 0.717) is 28.1 Å². The van der Waals surface area contributed by atoms with E-state index in [1.807, 2.05) is 72.8 Å². The molecule has 0 spiro atoms. The molecule has 1 aliphatic heterocycles. The zero-order valence-corrected chi connectivity index (χ0v) is 22.4. The molecule has 5 rings (SSSR count). The lowest BCUT2D eigenvalue weighted by molar-refractivity contribution is -0.110. The van der Waals surface area contributed by atoms with E-state index < -0.39 is 0 Å². The first-order chi connectivity index (χ1) is 18.9. The van der Waals surface area contributed by atoms with Crippen molar-refractivity contribution in [2.24, 2.45) is 0 Å². The van der Waals surface area contributed by atoms with Crippen molar-refractivity contribution >= 4 is 40.1 Å². The monoisotopic (exact) mass is 516 g/mol. The molecule has 0 fully saturated rings. The van der Waals surface area contributed by atoms with E-state index in [9.17, 15) is 9.59 Å². The van der Waals surface area contributed by atoms with Gasteiger partial charge in [0.2, 0.25) is 0 Å². The minimum atomic E-state index is -0.208. The first-order valence-corrected chi connectivity index (χ1v) is 13.0. The van der Waals surface area contributed by atoms with E-state index in [1.165, 1.54) is 5.56 Å². The van der Waals surface area contributed by atoms with Gasteiger partial charge in [-0.05, 0) is 74.1 Å². The summed E-state index contributed by atoms with van der Waals surface area (Å²) in [7, 11) is 5.89. The Morgan fingerprint density at radius 1 is 0.795 bits per heavy atom. The van der Waals surface area contributed by atoms with Gasteiger partial charge in [-0.3, -0.25) is 9.59 Å². The van der Waals surface area contributed by atoms with Crippen LogP contribution >= 0.6 is 0 Å². The minimum absolute atomic E-state index is 0.148. The van der Waals surface area contributed by atoms with Crippen LogP contribution in [0.5, 0.6) is 0 Å². The Morgan fingerprint density at radius 3 is 2.13 bits per heavy atom. The second-order valence-corrected chi connectivity index (χ2v) is 9.91. The van der Waals surface area contributed by atoms with E-state index in [0.717, 1.165) is 29.9 Å². The van der Waals surface area contributed by atoms with Crippen molar-refractivity contribution in [2.45, 2.75) is 6.42 Å². The highest BCUT2D eigenvalue weighted by atomic mass is 16.2. The van der Waals surface area contributed by atoms with Gasteiger partial charge in [-0.2, -0.15) is 0 Å². The summed E-state index contributed by atoms with van der Waals surface area (Å²) in [6, 6.07) is 33.0. The van der Waals surface area contributed by atoms with Crippen LogP contribution in [0.2, 0.25) is 0 Å². The van der Waals surface area contributed by atoms with Gasteiger partial charge in [-0.1, -0.05) is 60.7 Å². The van der Waals surface area contributed by atoms with Crippen LogP contribution in [0.3, 0.4) is 0 Å². The molecule has 6 heteroatoms. The number of hydrogen-bond acceptors (Lipinski definition) is 4. The largest absolute Gasteiger partial charge is 0.354 e. The number of benzene rings is 4. The number of nitrogens with zero attached hydrogens (tertiary/aromatic N) is 2. The Labute approximate surface area is 229 Å². The predicted octanol–water partition coefficient (Wildman–Crippen LogP) is 6.00. The number of anilines is 3. The van der Waals surface area contributed by atoms with Crippen LogP contribution in [-0.2, 0) is 11.2 Å². The van der Waals surface area contributed by atoms with Crippen LogP contribution in [0.1, 0.15) is 27.0 Å². The Bertz CT molecular complexity index is 1510. The summed E-state index contributed by atoms with van der Waals surface area (Å²) in [5.74, 6) is -0.356. The van der Waals surface area contributed by atoms with E-state index in [2.05, 4.69) is 41.8 Å². The fourth-order valence-corrected chi connectivity index (χ4v) is 4.65. The number of para-hydroxylation sites is 1. The van der Waals surface area contributed by atoms with Crippen LogP contribution in [0, 0.1) is 0 Å². The molecular weight excluding hydrogens is 484 g/mol. The summed E-state index contributed by atoms with van der Waals surface area (Å²) in [4.78, 5) is 30.5. The standard InChI is InChI=1S/C33H32N4O2/c1-36(2)21-20-23-14-17-26(18-15-23)34-31(24-10-6-4-7-11-24)30-28-22-25(16-19-29(28)35-32(30)38)33(39)37(3)27-12-8-5-9-13-27/h4-19,22,34H,20-21H2,1-3H3,(H,35,38)/b31-30-. The van der Waals surface area contributed by atoms with Crippen LogP contribution in [0.4, 0.5) is 17.1 Å². The number of rotatable bonds is 8. The lowest BCUT2D eigenvalue weighted by Gasteiger charge is -2.18. The Kier molecular flexibility index (Phi) is 7.57. The van der Waals surface area contributed by atoms with Crippen LogP contribution in [0.25, 0.3) is 11.3 Å². The van der Waals surface area contributed by atoms with E-state index in [4.69, 9.17) is 0 Å². The van der Waals surface area contributed by atoms with Crippen molar-refractivity contribution < 1.29 is 9.59 Å². The number of carbonyl (C=O) groups is 2. The molecule has 0 aliphatic carbocycles. The number of fused-ring (bicyclic) bond motifs is 1. The number of amides is 2. The van der Waals surface area contributed by atoms with Gasteiger partial charge in [0, 0.05) is 41.8 Å². The molecule has 39 heavy (non-hydrogen) atoms. The molecule has 0 atom stereocenters. The average molecular weight is 517 g/mol. The van der Waals surface area contributed by atoms with Crippen LogP contribution in [-0.4, -0.2) is 44.4 Å². The summed E-state index contributed by atoms with van der Waals surface area (Å²) in [6.45, 7) is 0.976. The highest BCUT2D eigenvalue weighted by Crippen LogP contribution is 2.38. The fourth-order valence-electron chi connectivity index (χ4n) is 4.65. The van der Waals surface area contributed by atoms with Crippen molar-refractivity contribution in [1.82, 2.24) is 4.90 Å². The lowest BCUT2D eigenvalue weighted by Crippen LogP contribution is -2.26. The molecule has 0 aromatic heterocycles. The molecule has 1 heterocycles. The van der Waals surface area contributed by atoms with Crippen LogP contribution < -0.4 is 15.5 Å². The molecule has 0 saturated carbocycles. The van der Waals surface area contributed by atoms with Gasteiger partial charge in [0.05, 0.1) is 11.3 Å². The zero-order valence-electron chi connectivity index (χ0n) is 22.4.